The monoisotopic (exact) mass is 350 g/mol. The van der Waals surface area contributed by atoms with Crippen molar-refractivity contribution in [2.45, 2.75) is 26.4 Å². The number of hydrogen-bond acceptors (Lipinski definition) is 4. The van der Waals surface area contributed by atoms with Crippen molar-refractivity contribution in [3.8, 4) is 5.75 Å². The molecule has 6 nitrogen and oxygen atoms in total. The van der Waals surface area contributed by atoms with Gasteiger partial charge in [-0.25, -0.2) is 0 Å². The van der Waals surface area contributed by atoms with E-state index in [0.29, 0.717) is 0 Å². The number of pyridine rings is 1. The molecule has 3 rings (SSSR count). The first-order valence-corrected chi connectivity index (χ1v) is 8.41. The number of carbonyl (C=O) groups is 1. The summed E-state index contributed by atoms with van der Waals surface area (Å²) in [5, 5.41) is 7.46. The van der Waals surface area contributed by atoms with E-state index in [4.69, 9.17) is 4.74 Å². The Balaban J connectivity index is 1.83. The van der Waals surface area contributed by atoms with Gasteiger partial charge in [0.15, 0.2) is 0 Å². The van der Waals surface area contributed by atoms with Crippen LogP contribution in [0.15, 0.2) is 54.9 Å². The van der Waals surface area contributed by atoms with Crippen LogP contribution in [0.25, 0.3) is 0 Å². The van der Waals surface area contributed by atoms with Crippen LogP contribution >= 0.6 is 0 Å². The van der Waals surface area contributed by atoms with Gasteiger partial charge in [-0.1, -0.05) is 12.1 Å². The number of carbonyl (C=O) groups excluding carboxylic acids is 1. The Labute approximate surface area is 152 Å². The van der Waals surface area contributed by atoms with Gasteiger partial charge in [0.05, 0.1) is 18.8 Å². The van der Waals surface area contributed by atoms with Gasteiger partial charge in [-0.3, -0.25) is 14.5 Å². The maximum absolute atomic E-state index is 12.6. The Morgan fingerprint density at radius 1 is 1.12 bits per heavy atom. The number of amides is 1. The zero-order valence-corrected chi connectivity index (χ0v) is 15.1. The number of methoxy groups -OCH3 is 1. The molecule has 1 atom stereocenters. The molecule has 0 saturated heterocycles. The molecular weight excluding hydrogens is 328 g/mol. The largest absolute Gasteiger partial charge is 0.497 e. The zero-order valence-electron chi connectivity index (χ0n) is 15.1. The fourth-order valence-electron chi connectivity index (χ4n) is 2.89. The van der Waals surface area contributed by atoms with Crippen molar-refractivity contribution >= 4 is 5.91 Å². The molecule has 0 bridgehead atoms. The van der Waals surface area contributed by atoms with Crippen LogP contribution in [0.2, 0.25) is 0 Å². The van der Waals surface area contributed by atoms with Gasteiger partial charge in [-0.15, -0.1) is 0 Å². The smallest absolute Gasteiger partial charge is 0.242 e. The lowest BCUT2D eigenvalue weighted by Crippen LogP contribution is -2.32. The SMILES string of the molecule is COc1ccc([C@H](NC(=O)Cn2nc(C)cc2C)c2ccncc2)cc1. The molecule has 0 aliphatic rings. The Bertz CT molecular complexity index is 873. The second-order valence-corrected chi connectivity index (χ2v) is 6.14. The van der Waals surface area contributed by atoms with Crippen molar-refractivity contribution < 1.29 is 9.53 Å². The van der Waals surface area contributed by atoms with E-state index >= 15 is 0 Å². The van der Waals surface area contributed by atoms with E-state index in [0.717, 1.165) is 28.3 Å². The van der Waals surface area contributed by atoms with Gasteiger partial charge in [-0.05, 0) is 55.3 Å². The lowest BCUT2D eigenvalue weighted by atomic mass is 9.99. The van der Waals surface area contributed by atoms with Crippen LogP contribution < -0.4 is 10.1 Å². The Morgan fingerprint density at radius 3 is 2.35 bits per heavy atom. The molecule has 1 N–H and O–H groups in total. The summed E-state index contributed by atoms with van der Waals surface area (Å²) in [6.45, 7) is 4.03. The summed E-state index contributed by atoms with van der Waals surface area (Å²) in [7, 11) is 1.63. The van der Waals surface area contributed by atoms with Gasteiger partial charge in [0.1, 0.15) is 12.3 Å². The van der Waals surface area contributed by atoms with Crippen LogP contribution in [-0.4, -0.2) is 27.8 Å². The standard InChI is InChI=1S/C20H22N4O2/c1-14-12-15(2)24(23-14)13-19(25)22-20(17-8-10-21-11-9-17)16-4-6-18(26-3)7-5-16/h4-12,20H,13H2,1-3H3,(H,22,25)/t20-/m0/s1. The Hall–Kier alpha value is -3.15. The predicted octanol–water partition coefficient (Wildman–Crippen LogP) is 2.81. The number of hydrogen-bond donors (Lipinski definition) is 1. The Morgan fingerprint density at radius 2 is 1.77 bits per heavy atom. The number of aromatic nitrogens is 3. The minimum atomic E-state index is -0.270. The number of nitrogens with one attached hydrogen (secondary N) is 1. The first kappa shape index (κ1) is 17.7. The molecule has 1 aromatic carbocycles. The summed E-state index contributed by atoms with van der Waals surface area (Å²) in [5.74, 6) is 0.671. The highest BCUT2D eigenvalue weighted by Gasteiger charge is 2.18. The van der Waals surface area contributed by atoms with Crippen molar-refractivity contribution in [1.82, 2.24) is 20.1 Å². The van der Waals surface area contributed by atoms with Crippen molar-refractivity contribution in [2.24, 2.45) is 0 Å². The highest BCUT2D eigenvalue weighted by atomic mass is 16.5. The summed E-state index contributed by atoms with van der Waals surface area (Å²) in [5.41, 5.74) is 3.80. The number of rotatable bonds is 6. The second kappa shape index (κ2) is 7.82. The van der Waals surface area contributed by atoms with E-state index in [-0.39, 0.29) is 18.5 Å². The molecule has 2 heterocycles. The van der Waals surface area contributed by atoms with E-state index in [1.54, 1.807) is 24.2 Å². The fourth-order valence-corrected chi connectivity index (χ4v) is 2.89. The number of nitrogens with zero attached hydrogens (tertiary/aromatic N) is 3. The molecule has 6 heteroatoms. The number of aryl methyl sites for hydroxylation is 2. The van der Waals surface area contributed by atoms with Gasteiger partial charge in [0.25, 0.3) is 0 Å². The van der Waals surface area contributed by atoms with Gasteiger partial charge in [0.2, 0.25) is 5.91 Å². The van der Waals surface area contributed by atoms with E-state index in [2.05, 4.69) is 15.4 Å². The average molecular weight is 350 g/mol. The van der Waals surface area contributed by atoms with Crippen LogP contribution in [-0.2, 0) is 11.3 Å². The van der Waals surface area contributed by atoms with Crippen LogP contribution in [0, 0.1) is 13.8 Å². The molecule has 0 spiro atoms. The molecule has 3 aromatic rings. The topological polar surface area (TPSA) is 69.0 Å². The van der Waals surface area contributed by atoms with Crippen LogP contribution in [0.3, 0.4) is 0 Å². The fraction of sp³-hybridized carbons (Fsp3) is 0.250. The zero-order chi connectivity index (χ0) is 18.5. The number of ether oxygens (including phenoxy) is 1. The molecular formula is C20H22N4O2. The molecule has 0 fully saturated rings. The minimum Gasteiger partial charge on any atom is -0.497 e. The summed E-state index contributed by atoms with van der Waals surface area (Å²) < 4.78 is 6.93. The van der Waals surface area contributed by atoms with Gasteiger partial charge in [-0.2, -0.15) is 5.10 Å². The van der Waals surface area contributed by atoms with E-state index in [9.17, 15) is 4.79 Å². The normalized spacial score (nSPS) is 11.8. The predicted molar refractivity (Wildman–Crippen MR) is 98.9 cm³/mol. The van der Waals surface area contributed by atoms with Crippen LogP contribution in [0.1, 0.15) is 28.6 Å². The summed E-state index contributed by atoms with van der Waals surface area (Å²) in [6.07, 6.45) is 3.44. The van der Waals surface area contributed by atoms with Crippen molar-refractivity contribution in [3.05, 3.63) is 77.4 Å². The van der Waals surface area contributed by atoms with Crippen molar-refractivity contribution in [3.63, 3.8) is 0 Å². The van der Waals surface area contributed by atoms with Gasteiger partial charge in [0, 0.05) is 18.1 Å². The molecule has 0 aliphatic heterocycles. The first-order valence-electron chi connectivity index (χ1n) is 8.41. The summed E-state index contributed by atoms with van der Waals surface area (Å²) in [4.78, 5) is 16.7. The molecule has 0 radical (unpaired) electrons. The quantitative estimate of drug-likeness (QED) is 0.742. The van der Waals surface area contributed by atoms with E-state index in [1.807, 2.05) is 56.3 Å². The van der Waals surface area contributed by atoms with Crippen LogP contribution in [0.5, 0.6) is 5.75 Å². The maximum atomic E-state index is 12.6. The first-order chi connectivity index (χ1) is 12.6. The van der Waals surface area contributed by atoms with Gasteiger partial charge < -0.3 is 10.1 Å². The average Bonchev–Trinajstić information content (AvgIpc) is 2.97. The third kappa shape index (κ3) is 4.08. The highest BCUT2D eigenvalue weighted by Crippen LogP contribution is 2.24. The highest BCUT2D eigenvalue weighted by molar-refractivity contribution is 5.76. The Kier molecular flexibility index (Phi) is 5.31. The van der Waals surface area contributed by atoms with Gasteiger partial charge >= 0.3 is 0 Å². The lowest BCUT2D eigenvalue weighted by Gasteiger charge is -2.20. The van der Waals surface area contributed by atoms with Crippen molar-refractivity contribution in [1.29, 1.82) is 0 Å². The minimum absolute atomic E-state index is 0.103. The molecule has 134 valence electrons. The van der Waals surface area contributed by atoms with E-state index in [1.165, 1.54) is 0 Å². The molecule has 26 heavy (non-hydrogen) atoms. The third-order valence-electron chi connectivity index (χ3n) is 4.19. The maximum Gasteiger partial charge on any atom is 0.242 e. The van der Waals surface area contributed by atoms with Crippen LogP contribution in [0.4, 0.5) is 0 Å². The summed E-state index contributed by atoms with van der Waals surface area (Å²) >= 11 is 0. The van der Waals surface area contributed by atoms with E-state index < -0.39 is 0 Å². The number of benzene rings is 1. The lowest BCUT2D eigenvalue weighted by molar-refractivity contribution is -0.122. The van der Waals surface area contributed by atoms with Crippen molar-refractivity contribution in [2.75, 3.05) is 7.11 Å². The third-order valence-corrected chi connectivity index (χ3v) is 4.19. The molecule has 1 amide bonds. The second-order valence-electron chi connectivity index (χ2n) is 6.14. The summed E-state index contributed by atoms with van der Waals surface area (Å²) in [6, 6.07) is 13.2. The molecule has 0 saturated carbocycles. The molecule has 2 aromatic heterocycles. The molecule has 0 aliphatic carbocycles. The molecule has 0 unspecified atom stereocenters.